The molecule has 1 unspecified atom stereocenters. The first-order valence-corrected chi connectivity index (χ1v) is 5.65. The third kappa shape index (κ3) is 1.97. The lowest BCUT2D eigenvalue weighted by Crippen LogP contribution is -2.31. The Morgan fingerprint density at radius 2 is 2.19 bits per heavy atom. The van der Waals surface area contributed by atoms with Crippen LogP contribution in [0.2, 0.25) is 0 Å². The number of nitrogens with zero attached hydrogens (tertiary/aromatic N) is 3. The Bertz CT molecular complexity index is 383. The van der Waals surface area contributed by atoms with Gasteiger partial charge in [0, 0.05) is 13.0 Å². The average Bonchev–Trinajstić information content (AvgIpc) is 2.67. The summed E-state index contributed by atoms with van der Waals surface area (Å²) < 4.78 is 7.91. The van der Waals surface area contributed by atoms with Gasteiger partial charge in [-0.2, -0.15) is 0 Å². The van der Waals surface area contributed by atoms with Gasteiger partial charge in [-0.15, -0.1) is 5.10 Å². The molecule has 1 aliphatic rings. The first-order chi connectivity index (χ1) is 7.34. The first kappa shape index (κ1) is 11.5. The van der Waals surface area contributed by atoms with E-state index in [1.165, 1.54) is 0 Å². The minimum absolute atomic E-state index is 0.108. The smallest absolute Gasteiger partial charge is 0.0962 e. The van der Waals surface area contributed by atoms with E-state index in [1.54, 1.807) is 0 Å². The molecule has 1 aliphatic heterocycles. The van der Waals surface area contributed by atoms with Crippen LogP contribution in [0.3, 0.4) is 0 Å². The summed E-state index contributed by atoms with van der Waals surface area (Å²) in [5, 5.41) is 8.16. The summed E-state index contributed by atoms with van der Waals surface area (Å²) in [7, 11) is 0. The summed E-state index contributed by atoms with van der Waals surface area (Å²) in [5.74, 6) is 0. The van der Waals surface area contributed by atoms with Gasteiger partial charge in [0.1, 0.15) is 0 Å². The van der Waals surface area contributed by atoms with Crippen molar-refractivity contribution in [2.24, 2.45) is 5.73 Å². The second-order valence-electron chi connectivity index (χ2n) is 5.58. The molecule has 2 N–H and O–H groups in total. The van der Waals surface area contributed by atoms with Gasteiger partial charge >= 0.3 is 0 Å². The van der Waals surface area contributed by atoms with Crippen LogP contribution in [0.15, 0.2) is 6.20 Å². The van der Waals surface area contributed by atoms with Crippen LogP contribution in [0, 0.1) is 0 Å². The molecular weight excluding hydrogens is 204 g/mol. The Morgan fingerprint density at radius 1 is 1.50 bits per heavy atom. The number of hydrogen-bond acceptors (Lipinski definition) is 4. The van der Waals surface area contributed by atoms with E-state index in [1.807, 2.05) is 10.9 Å². The van der Waals surface area contributed by atoms with Crippen molar-refractivity contribution in [2.45, 2.75) is 57.9 Å². The molecule has 1 saturated heterocycles. The topological polar surface area (TPSA) is 66.0 Å². The van der Waals surface area contributed by atoms with Crippen molar-refractivity contribution >= 4 is 0 Å². The largest absolute Gasteiger partial charge is 0.367 e. The highest BCUT2D eigenvalue weighted by molar-refractivity contribution is 5.00. The molecule has 1 aromatic rings. The monoisotopic (exact) mass is 224 g/mol. The zero-order valence-electron chi connectivity index (χ0n) is 10.4. The van der Waals surface area contributed by atoms with Gasteiger partial charge in [-0.25, -0.2) is 4.68 Å². The molecule has 16 heavy (non-hydrogen) atoms. The summed E-state index contributed by atoms with van der Waals surface area (Å²) in [6.07, 6.45) is 2.85. The number of nitrogens with two attached hydrogens (primary N) is 1. The van der Waals surface area contributed by atoms with E-state index in [-0.39, 0.29) is 17.2 Å². The Morgan fingerprint density at radius 3 is 2.62 bits per heavy atom. The molecular formula is C11H20N4O. The Balaban J connectivity index is 2.27. The van der Waals surface area contributed by atoms with Crippen molar-refractivity contribution in [2.75, 3.05) is 0 Å². The van der Waals surface area contributed by atoms with E-state index in [0.717, 1.165) is 12.1 Å². The summed E-state index contributed by atoms with van der Waals surface area (Å²) in [6.45, 7) is 8.83. The van der Waals surface area contributed by atoms with E-state index in [2.05, 4.69) is 38.0 Å². The standard InChI is InChI=1S/C11H20N4O/c1-10(2)5-9(11(3,4)16-10)15-7-8(6-12)13-14-15/h7,9H,5-6,12H2,1-4H3. The quantitative estimate of drug-likeness (QED) is 0.821. The van der Waals surface area contributed by atoms with Gasteiger partial charge in [0.25, 0.3) is 0 Å². The van der Waals surface area contributed by atoms with Crippen molar-refractivity contribution < 1.29 is 4.74 Å². The minimum atomic E-state index is -0.219. The molecule has 2 rings (SSSR count). The van der Waals surface area contributed by atoms with Crippen molar-refractivity contribution in [3.05, 3.63) is 11.9 Å². The Kier molecular flexibility index (Phi) is 2.55. The molecule has 0 amide bonds. The predicted octanol–water partition coefficient (Wildman–Crippen LogP) is 1.26. The van der Waals surface area contributed by atoms with Crippen LogP contribution in [0.25, 0.3) is 0 Å². The maximum atomic E-state index is 6.03. The lowest BCUT2D eigenvalue weighted by atomic mass is 9.95. The summed E-state index contributed by atoms with van der Waals surface area (Å²) >= 11 is 0. The summed E-state index contributed by atoms with van der Waals surface area (Å²) in [4.78, 5) is 0. The highest BCUT2D eigenvalue weighted by atomic mass is 16.5. The fourth-order valence-corrected chi connectivity index (χ4v) is 2.50. The van der Waals surface area contributed by atoms with Crippen LogP contribution in [-0.2, 0) is 11.3 Å². The van der Waals surface area contributed by atoms with Gasteiger partial charge in [0.05, 0.1) is 29.1 Å². The van der Waals surface area contributed by atoms with Crippen LogP contribution >= 0.6 is 0 Å². The summed E-state index contributed by atoms with van der Waals surface area (Å²) in [6, 6.07) is 0.218. The molecule has 5 nitrogen and oxygen atoms in total. The van der Waals surface area contributed by atoms with Gasteiger partial charge in [-0.1, -0.05) is 5.21 Å². The van der Waals surface area contributed by atoms with Gasteiger partial charge < -0.3 is 10.5 Å². The van der Waals surface area contributed by atoms with E-state index in [4.69, 9.17) is 10.5 Å². The Hall–Kier alpha value is -0.940. The molecule has 0 bridgehead atoms. The third-order valence-electron chi connectivity index (χ3n) is 3.11. The third-order valence-corrected chi connectivity index (χ3v) is 3.11. The highest BCUT2D eigenvalue weighted by Crippen LogP contribution is 2.44. The van der Waals surface area contributed by atoms with Crippen LogP contribution < -0.4 is 5.73 Å². The van der Waals surface area contributed by atoms with Gasteiger partial charge in [-0.05, 0) is 27.7 Å². The number of rotatable bonds is 2. The second-order valence-corrected chi connectivity index (χ2v) is 5.58. The fraction of sp³-hybridized carbons (Fsp3) is 0.818. The average molecular weight is 224 g/mol. The lowest BCUT2D eigenvalue weighted by Gasteiger charge is -2.26. The van der Waals surface area contributed by atoms with Crippen LogP contribution in [0.5, 0.6) is 0 Å². The van der Waals surface area contributed by atoms with Crippen molar-refractivity contribution in [1.29, 1.82) is 0 Å². The van der Waals surface area contributed by atoms with Crippen molar-refractivity contribution in [3.8, 4) is 0 Å². The van der Waals surface area contributed by atoms with Crippen LogP contribution in [0.4, 0.5) is 0 Å². The van der Waals surface area contributed by atoms with Gasteiger partial charge in [0.2, 0.25) is 0 Å². The van der Waals surface area contributed by atoms with Crippen LogP contribution in [-0.4, -0.2) is 26.2 Å². The molecule has 2 heterocycles. The van der Waals surface area contributed by atoms with Gasteiger partial charge in [-0.3, -0.25) is 0 Å². The normalized spacial score (nSPS) is 27.2. The number of ether oxygens (including phenoxy) is 1. The lowest BCUT2D eigenvalue weighted by molar-refractivity contribution is -0.0738. The van der Waals surface area contributed by atoms with E-state index in [9.17, 15) is 0 Å². The molecule has 0 aliphatic carbocycles. The van der Waals surface area contributed by atoms with Gasteiger partial charge in [0.15, 0.2) is 0 Å². The van der Waals surface area contributed by atoms with Crippen molar-refractivity contribution in [1.82, 2.24) is 15.0 Å². The zero-order valence-corrected chi connectivity index (χ0v) is 10.4. The molecule has 1 aromatic heterocycles. The molecule has 0 radical (unpaired) electrons. The number of hydrogen-bond donors (Lipinski definition) is 1. The van der Waals surface area contributed by atoms with E-state index in [0.29, 0.717) is 6.54 Å². The molecule has 5 heteroatoms. The molecule has 0 spiro atoms. The molecule has 1 atom stereocenters. The predicted molar refractivity (Wildman–Crippen MR) is 60.8 cm³/mol. The molecule has 0 saturated carbocycles. The molecule has 0 aromatic carbocycles. The van der Waals surface area contributed by atoms with Crippen LogP contribution in [0.1, 0.15) is 45.9 Å². The minimum Gasteiger partial charge on any atom is -0.367 e. The van der Waals surface area contributed by atoms with E-state index < -0.39 is 0 Å². The Labute approximate surface area is 96.0 Å². The number of aromatic nitrogens is 3. The first-order valence-electron chi connectivity index (χ1n) is 5.65. The van der Waals surface area contributed by atoms with Crippen molar-refractivity contribution in [3.63, 3.8) is 0 Å². The second kappa shape index (κ2) is 3.53. The SMILES string of the molecule is CC1(C)CC(n2cc(CN)nn2)C(C)(C)O1. The molecule has 1 fully saturated rings. The maximum Gasteiger partial charge on any atom is 0.0962 e. The zero-order chi connectivity index (χ0) is 12.0. The fourth-order valence-electron chi connectivity index (χ4n) is 2.50. The van der Waals surface area contributed by atoms with E-state index >= 15 is 0 Å². The maximum absolute atomic E-state index is 6.03. The highest BCUT2D eigenvalue weighted by Gasteiger charge is 2.47. The summed E-state index contributed by atoms with van der Waals surface area (Å²) in [5.41, 5.74) is 6.03. The molecule has 90 valence electrons.